The lowest BCUT2D eigenvalue weighted by atomic mass is 9.97. The Morgan fingerprint density at radius 2 is 1.58 bits per heavy atom. The van der Waals surface area contributed by atoms with Gasteiger partial charge in [-0.1, -0.05) is 17.7 Å². The minimum absolute atomic E-state index is 0.0926. The Balaban J connectivity index is 3.38. The van der Waals surface area contributed by atoms with Gasteiger partial charge in [-0.2, -0.15) is 0 Å². The largest absolute Gasteiger partial charge is 0.294 e. The van der Waals surface area contributed by atoms with Gasteiger partial charge in [0.25, 0.3) is 0 Å². The van der Waals surface area contributed by atoms with Crippen LogP contribution in [0.4, 0.5) is 0 Å². The molecule has 12 heavy (non-hydrogen) atoms. The number of rotatable bonds is 1. The molecule has 0 unspecified atom stereocenters. The van der Waals surface area contributed by atoms with E-state index in [4.69, 9.17) is 0 Å². The first kappa shape index (κ1) is 8.98. The van der Waals surface area contributed by atoms with E-state index in [2.05, 4.69) is 6.92 Å². The molecular formula is C11H13O. The Kier molecular flexibility index (Phi) is 2.32. The number of hydrogen-bond donors (Lipinski definition) is 0. The molecule has 0 aliphatic heterocycles. The molecule has 0 aliphatic carbocycles. The molecule has 1 radical (unpaired) electrons. The van der Waals surface area contributed by atoms with E-state index in [1.54, 1.807) is 0 Å². The summed E-state index contributed by atoms with van der Waals surface area (Å²) in [6.45, 7) is 9.33. The molecule has 0 spiro atoms. The lowest BCUT2D eigenvalue weighted by Gasteiger charge is -2.07. The molecule has 0 bridgehead atoms. The second-order valence-corrected chi connectivity index (χ2v) is 3.20. The molecule has 1 nitrogen and oxygen atoms in total. The van der Waals surface area contributed by atoms with Gasteiger partial charge in [-0.3, -0.25) is 4.79 Å². The first-order valence-corrected chi connectivity index (χ1v) is 3.96. The third-order valence-electron chi connectivity index (χ3n) is 1.96. The van der Waals surface area contributed by atoms with Crippen molar-refractivity contribution in [2.24, 2.45) is 0 Å². The van der Waals surface area contributed by atoms with Crippen LogP contribution in [0.15, 0.2) is 12.1 Å². The predicted octanol–water partition coefficient (Wildman–Crippen LogP) is 2.63. The maximum absolute atomic E-state index is 11.1. The number of hydrogen-bond acceptors (Lipinski definition) is 1. The molecule has 0 fully saturated rings. The topological polar surface area (TPSA) is 17.1 Å². The smallest absolute Gasteiger partial charge is 0.163 e. The van der Waals surface area contributed by atoms with Crippen LogP contribution in [0.5, 0.6) is 0 Å². The van der Waals surface area contributed by atoms with Crippen LogP contribution in [0.25, 0.3) is 0 Å². The van der Waals surface area contributed by atoms with E-state index in [0.29, 0.717) is 0 Å². The maximum atomic E-state index is 11.1. The monoisotopic (exact) mass is 161 g/mol. The molecule has 0 atom stereocenters. The van der Waals surface area contributed by atoms with Crippen molar-refractivity contribution in [2.45, 2.75) is 20.8 Å². The Morgan fingerprint density at radius 3 is 1.92 bits per heavy atom. The fourth-order valence-corrected chi connectivity index (χ4v) is 1.62. The number of carbonyl (C=O) groups is 1. The number of aryl methyl sites for hydroxylation is 3. The molecule has 0 saturated heterocycles. The molecular weight excluding hydrogens is 148 g/mol. The highest BCUT2D eigenvalue weighted by Crippen LogP contribution is 2.16. The molecule has 1 aromatic rings. The zero-order valence-electron chi connectivity index (χ0n) is 7.77. The Morgan fingerprint density at radius 1 is 1.17 bits per heavy atom. The predicted molar refractivity (Wildman–Crippen MR) is 50.3 cm³/mol. The van der Waals surface area contributed by atoms with Gasteiger partial charge in [-0.25, -0.2) is 0 Å². The summed E-state index contributed by atoms with van der Waals surface area (Å²) in [5, 5.41) is 0. The summed E-state index contributed by atoms with van der Waals surface area (Å²) in [5.74, 6) is -0.0926. The summed E-state index contributed by atoms with van der Waals surface area (Å²) in [6.07, 6.45) is 0. The van der Waals surface area contributed by atoms with Crippen LogP contribution in [-0.2, 0) is 0 Å². The van der Waals surface area contributed by atoms with Crippen molar-refractivity contribution in [2.75, 3.05) is 0 Å². The molecule has 1 rings (SSSR count). The van der Waals surface area contributed by atoms with Crippen LogP contribution < -0.4 is 0 Å². The third-order valence-corrected chi connectivity index (χ3v) is 1.96. The lowest BCUT2D eigenvalue weighted by molar-refractivity contribution is 0.104. The molecule has 1 heteroatoms. The van der Waals surface area contributed by atoms with Crippen molar-refractivity contribution in [3.05, 3.63) is 41.3 Å². The summed E-state index contributed by atoms with van der Waals surface area (Å²) in [7, 11) is 0. The van der Waals surface area contributed by atoms with Gasteiger partial charge in [0.05, 0.1) is 0 Å². The molecule has 0 amide bonds. The zero-order chi connectivity index (χ0) is 9.30. The summed E-state index contributed by atoms with van der Waals surface area (Å²) in [4.78, 5) is 11.1. The third kappa shape index (κ3) is 1.55. The van der Waals surface area contributed by atoms with E-state index >= 15 is 0 Å². The van der Waals surface area contributed by atoms with Crippen molar-refractivity contribution < 1.29 is 4.79 Å². The molecule has 1 aromatic carbocycles. The Labute approximate surface area is 73.4 Å². The van der Waals surface area contributed by atoms with Gasteiger partial charge in [0.15, 0.2) is 5.78 Å². The fourth-order valence-electron chi connectivity index (χ4n) is 1.62. The van der Waals surface area contributed by atoms with Crippen LogP contribution in [0.2, 0.25) is 0 Å². The zero-order valence-corrected chi connectivity index (χ0v) is 7.77. The number of ketones is 1. The highest BCUT2D eigenvalue weighted by Gasteiger charge is 2.07. The van der Waals surface area contributed by atoms with Crippen LogP contribution >= 0.6 is 0 Å². The number of benzene rings is 1. The fraction of sp³-hybridized carbons (Fsp3) is 0.273. The van der Waals surface area contributed by atoms with Gasteiger partial charge < -0.3 is 0 Å². The minimum Gasteiger partial charge on any atom is -0.294 e. The summed E-state index contributed by atoms with van der Waals surface area (Å²) < 4.78 is 0. The van der Waals surface area contributed by atoms with E-state index in [1.807, 2.05) is 32.9 Å². The normalized spacial score (nSPS) is 10.0. The second kappa shape index (κ2) is 3.10. The van der Waals surface area contributed by atoms with Crippen LogP contribution in [-0.4, -0.2) is 5.78 Å². The first-order chi connectivity index (χ1) is 5.52. The van der Waals surface area contributed by atoms with E-state index in [1.165, 1.54) is 5.56 Å². The van der Waals surface area contributed by atoms with Gasteiger partial charge in [0.2, 0.25) is 0 Å². The Hall–Kier alpha value is -1.11. The van der Waals surface area contributed by atoms with Gasteiger partial charge in [-0.05, 0) is 31.9 Å². The Bertz CT molecular complexity index is 301. The summed E-state index contributed by atoms with van der Waals surface area (Å²) in [5.41, 5.74) is 4.00. The van der Waals surface area contributed by atoms with E-state index in [9.17, 15) is 4.79 Å². The highest BCUT2D eigenvalue weighted by molar-refractivity contribution is 6.01. The summed E-state index contributed by atoms with van der Waals surface area (Å²) >= 11 is 0. The maximum Gasteiger partial charge on any atom is 0.163 e. The van der Waals surface area contributed by atoms with Crippen LogP contribution in [0.3, 0.4) is 0 Å². The minimum atomic E-state index is -0.0926. The van der Waals surface area contributed by atoms with Crippen molar-refractivity contribution in [1.29, 1.82) is 0 Å². The average Bonchev–Trinajstić information content (AvgIpc) is 1.82. The second-order valence-electron chi connectivity index (χ2n) is 3.20. The van der Waals surface area contributed by atoms with Gasteiger partial charge in [0.1, 0.15) is 0 Å². The number of Topliss-reactive ketones (excluding diaryl/α,β-unsaturated/α-hetero) is 1. The summed E-state index contributed by atoms with van der Waals surface area (Å²) in [6, 6.07) is 4.01. The van der Waals surface area contributed by atoms with E-state index < -0.39 is 0 Å². The van der Waals surface area contributed by atoms with Gasteiger partial charge >= 0.3 is 0 Å². The van der Waals surface area contributed by atoms with Crippen LogP contribution in [0.1, 0.15) is 27.0 Å². The molecule has 0 N–H and O–H groups in total. The quantitative estimate of drug-likeness (QED) is 0.579. The molecule has 0 saturated carbocycles. The highest BCUT2D eigenvalue weighted by atomic mass is 16.1. The van der Waals surface area contributed by atoms with E-state index in [-0.39, 0.29) is 5.78 Å². The average molecular weight is 161 g/mol. The van der Waals surface area contributed by atoms with Crippen molar-refractivity contribution >= 4 is 5.78 Å². The van der Waals surface area contributed by atoms with Gasteiger partial charge in [0, 0.05) is 12.5 Å². The molecule has 63 valence electrons. The van der Waals surface area contributed by atoms with Crippen molar-refractivity contribution in [3.63, 3.8) is 0 Å². The van der Waals surface area contributed by atoms with E-state index in [0.717, 1.165) is 16.7 Å². The van der Waals surface area contributed by atoms with Crippen LogP contribution in [0, 0.1) is 27.7 Å². The van der Waals surface area contributed by atoms with Crippen molar-refractivity contribution in [1.82, 2.24) is 0 Å². The SMILES string of the molecule is [CH2]C(=O)c1c(C)cc(C)cc1C. The molecule has 0 aromatic heterocycles. The molecule has 0 heterocycles. The molecule has 0 aliphatic rings. The number of carbonyl (C=O) groups excluding carboxylic acids is 1. The van der Waals surface area contributed by atoms with Crippen molar-refractivity contribution in [3.8, 4) is 0 Å². The van der Waals surface area contributed by atoms with Gasteiger partial charge in [-0.15, -0.1) is 0 Å². The lowest BCUT2D eigenvalue weighted by Crippen LogP contribution is -2.00. The first-order valence-electron chi connectivity index (χ1n) is 3.96. The standard InChI is InChI=1S/C11H13O/c1-7-5-8(2)11(10(4)12)9(3)6-7/h5-6H,4H2,1-3H3.